The number of rotatable bonds is 9. The summed E-state index contributed by atoms with van der Waals surface area (Å²) in [4.78, 5) is 0. The van der Waals surface area contributed by atoms with Crippen LogP contribution in [0.5, 0.6) is 0 Å². The fraction of sp³-hybridized carbons (Fsp3) is 0.500. The third-order valence-corrected chi connectivity index (χ3v) is 3.09. The van der Waals surface area contributed by atoms with Gasteiger partial charge in [0, 0.05) is 0 Å². The molecular weight excluding hydrogens is 239 g/mol. The maximum Gasteiger partial charge on any atom is 0.475 e. The lowest BCUT2D eigenvalue weighted by molar-refractivity contribution is 0.141. The zero-order valence-corrected chi connectivity index (χ0v) is 11.6. The van der Waals surface area contributed by atoms with Crippen LogP contribution in [0.3, 0.4) is 0 Å². The van der Waals surface area contributed by atoms with Crippen LogP contribution in [0.15, 0.2) is 36.5 Å². The molecule has 5 heteroatoms. The zero-order valence-electron chi connectivity index (χ0n) is 10.7. The van der Waals surface area contributed by atoms with Crippen molar-refractivity contribution in [3.05, 3.63) is 36.5 Å². The van der Waals surface area contributed by atoms with Crippen LogP contribution in [0.1, 0.15) is 20.8 Å². The van der Waals surface area contributed by atoms with E-state index in [0.29, 0.717) is 0 Å². The number of hydrogen-bond acceptors (Lipinski definition) is 4. The van der Waals surface area contributed by atoms with E-state index in [2.05, 4.69) is 0 Å². The van der Waals surface area contributed by atoms with Crippen LogP contribution >= 0.6 is 7.82 Å². The largest absolute Gasteiger partial charge is 0.475 e. The summed E-state index contributed by atoms with van der Waals surface area (Å²) in [6.07, 6.45) is 10.6. The third kappa shape index (κ3) is 9.07. The Labute approximate surface area is 104 Å². The van der Waals surface area contributed by atoms with Gasteiger partial charge in [-0.15, -0.1) is 0 Å². The van der Waals surface area contributed by atoms with E-state index in [1.165, 1.54) is 0 Å². The average Bonchev–Trinajstić information content (AvgIpc) is 2.30. The molecule has 0 saturated heterocycles. The SMILES string of the molecule is CC=CCOP(=O)(OCC=CC)OCC=CC. The van der Waals surface area contributed by atoms with Gasteiger partial charge in [0.15, 0.2) is 0 Å². The molecule has 0 aromatic rings. The molecule has 98 valence electrons. The van der Waals surface area contributed by atoms with E-state index in [4.69, 9.17) is 13.6 Å². The number of hydrogen-bond donors (Lipinski definition) is 0. The molecule has 0 heterocycles. The van der Waals surface area contributed by atoms with Gasteiger partial charge in [0.05, 0.1) is 19.8 Å². The molecule has 0 atom stereocenters. The van der Waals surface area contributed by atoms with Gasteiger partial charge in [-0.05, 0) is 20.8 Å². The van der Waals surface area contributed by atoms with Crippen LogP contribution in [0.2, 0.25) is 0 Å². The predicted molar refractivity (Wildman–Crippen MR) is 69.9 cm³/mol. The van der Waals surface area contributed by atoms with Gasteiger partial charge >= 0.3 is 7.82 Å². The van der Waals surface area contributed by atoms with Gasteiger partial charge in [-0.3, -0.25) is 13.6 Å². The lowest BCUT2D eigenvalue weighted by Gasteiger charge is -2.15. The lowest BCUT2D eigenvalue weighted by atomic mass is 10.6. The summed E-state index contributed by atoms with van der Waals surface area (Å²) < 4.78 is 27.4. The van der Waals surface area contributed by atoms with Crippen LogP contribution in [0, 0.1) is 0 Å². The van der Waals surface area contributed by atoms with E-state index in [1.807, 2.05) is 39.0 Å². The molecule has 0 aromatic carbocycles. The minimum atomic E-state index is -3.46. The van der Waals surface area contributed by atoms with E-state index in [1.54, 1.807) is 18.2 Å². The molecule has 0 amide bonds. The maximum absolute atomic E-state index is 12.1. The van der Waals surface area contributed by atoms with Crippen LogP contribution in [0.25, 0.3) is 0 Å². The Hall–Kier alpha value is -0.670. The Morgan fingerprint density at radius 2 is 1.06 bits per heavy atom. The van der Waals surface area contributed by atoms with Crippen LogP contribution in [-0.4, -0.2) is 19.8 Å². The van der Waals surface area contributed by atoms with Crippen molar-refractivity contribution in [3.8, 4) is 0 Å². The molecule has 0 rings (SSSR count). The molecule has 0 aliphatic heterocycles. The van der Waals surface area contributed by atoms with E-state index < -0.39 is 7.82 Å². The first-order valence-corrected chi connectivity index (χ1v) is 7.01. The Bertz CT molecular complexity index is 260. The Morgan fingerprint density at radius 3 is 1.29 bits per heavy atom. The monoisotopic (exact) mass is 260 g/mol. The first-order chi connectivity index (χ1) is 8.18. The lowest BCUT2D eigenvalue weighted by Crippen LogP contribution is -2.01. The van der Waals surface area contributed by atoms with E-state index in [0.717, 1.165) is 0 Å². The molecule has 0 N–H and O–H groups in total. The summed E-state index contributed by atoms with van der Waals surface area (Å²) in [5.41, 5.74) is 0. The van der Waals surface area contributed by atoms with Gasteiger partial charge in [-0.25, -0.2) is 4.57 Å². The summed E-state index contributed by atoms with van der Waals surface area (Å²) in [6.45, 7) is 6.19. The van der Waals surface area contributed by atoms with Gasteiger partial charge in [0.1, 0.15) is 0 Å². The second-order valence-corrected chi connectivity index (χ2v) is 4.71. The maximum atomic E-state index is 12.1. The Balaban J connectivity index is 4.28. The summed E-state index contributed by atoms with van der Waals surface area (Å²) in [6, 6.07) is 0. The standard InChI is InChI=1S/C12H21O4P/c1-4-7-10-14-17(13,15-11-8-5-2)16-12-9-6-3/h4-9H,10-12H2,1-3H3. The Morgan fingerprint density at radius 1 is 0.765 bits per heavy atom. The van der Waals surface area contributed by atoms with Crippen LogP contribution in [0.4, 0.5) is 0 Å². The topological polar surface area (TPSA) is 44.8 Å². The summed E-state index contributed by atoms with van der Waals surface area (Å²) in [5, 5.41) is 0. The quantitative estimate of drug-likeness (QED) is 0.466. The first-order valence-electron chi connectivity index (χ1n) is 5.55. The van der Waals surface area contributed by atoms with Gasteiger partial charge in [-0.1, -0.05) is 36.5 Å². The number of phosphoric ester groups is 1. The van der Waals surface area contributed by atoms with Crippen LogP contribution in [-0.2, 0) is 18.1 Å². The first kappa shape index (κ1) is 16.3. The summed E-state index contributed by atoms with van der Waals surface area (Å²) in [7, 11) is -3.46. The van der Waals surface area contributed by atoms with E-state index in [-0.39, 0.29) is 19.8 Å². The van der Waals surface area contributed by atoms with Crippen molar-refractivity contribution in [1.29, 1.82) is 0 Å². The highest BCUT2D eigenvalue weighted by molar-refractivity contribution is 7.48. The molecule has 17 heavy (non-hydrogen) atoms. The molecule has 0 saturated carbocycles. The molecule has 0 fully saturated rings. The minimum absolute atomic E-state index is 0.208. The average molecular weight is 260 g/mol. The summed E-state index contributed by atoms with van der Waals surface area (Å²) in [5.74, 6) is 0. The minimum Gasteiger partial charge on any atom is -0.283 e. The van der Waals surface area contributed by atoms with Crippen molar-refractivity contribution in [2.24, 2.45) is 0 Å². The molecule has 0 unspecified atom stereocenters. The van der Waals surface area contributed by atoms with Crippen molar-refractivity contribution in [3.63, 3.8) is 0 Å². The fourth-order valence-corrected chi connectivity index (χ4v) is 1.83. The highest BCUT2D eigenvalue weighted by Gasteiger charge is 2.24. The smallest absolute Gasteiger partial charge is 0.283 e. The van der Waals surface area contributed by atoms with Gasteiger partial charge in [0.25, 0.3) is 0 Å². The number of phosphoric acid groups is 1. The van der Waals surface area contributed by atoms with E-state index >= 15 is 0 Å². The highest BCUT2D eigenvalue weighted by Crippen LogP contribution is 2.49. The second-order valence-electron chi connectivity index (χ2n) is 3.04. The molecule has 0 spiro atoms. The molecule has 0 radical (unpaired) electrons. The van der Waals surface area contributed by atoms with Gasteiger partial charge < -0.3 is 0 Å². The van der Waals surface area contributed by atoms with Crippen molar-refractivity contribution < 1.29 is 18.1 Å². The predicted octanol–water partition coefficient (Wildman–Crippen LogP) is 3.87. The van der Waals surface area contributed by atoms with Gasteiger partial charge in [0.2, 0.25) is 0 Å². The van der Waals surface area contributed by atoms with Gasteiger partial charge in [-0.2, -0.15) is 0 Å². The van der Waals surface area contributed by atoms with Crippen molar-refractivity contribution >= 4 is 7.82 Å². The molecule has 0 bridgehead atoms. The normalized spacial score (nSPS) is 16.2. The molecule has 0 aliphatic rings. The molecule has 4 nitrogen and oxygen atoms in total. The summed E-state index contributed by atoms with van der Waals surface area (Å²) >= 11 is 0. The van der Waals surface area contributed by atoms with Crippen molar-refractivity contribution in [1.82, 2.24) is 0 Å². The zero-order chi connectivity index (χ0) is 13.0. The Kier molecular flexibility index (Phi) is 10.1. The molecule has 0 aliphatic carbocycles. The third-order valence-electron chi connectivity index (χ3n) is 1.69. The molecule has 0 aromatic heterocycles. The van der Waals surface area contributed by atoms with Crippen LogP contribution < -0.4 is 0 Å². The second kappa shape index (κ2) is 10.5. The highest BCUT2D eigenvalue weighted by atomic mass is 31.2. The fourth-order valence-electron chi connectivity index (χ4n) is 0.803. The van der Waals surface area contributed by atoms with Crippen molar-refractivity contribution in [2.45, 2.75) is 20.8 Å². The molecular formula is C12H21O4P. The van der Waals surface area contributed by atoms with Crippen molar-refractivity contribution in [2.75, 3.05) is 19.8 Å². The van der Waals surface area contributed by atoms with E-state index in [9.17, 15) is 4.57 Å². The number of allylic oxidation sites excluding steroid dienone is 3.